The van der Waals surface area contributed by atoms with E-state index in [9.17, 15) is 0 Å². The van der Waals surface area contributed by atoms with E-state index in [-0.39, 0.29) is 6.04 Å². The minimum absolute atomic E-state index is 0.214. The van der Waals surface area contributed by atoms with Gasteiger partial charge in [-0.25, -0.2) is 0 Å². The first kappa shape index (κ1) is 12.3. The molecule has 1 heteroatoms. The molecular formula is C14H23N. The highest BCUT2D eigenvalue weighted by Crippen LogP contribution is 2.20. The first-order valence-corrected chi connectivity index (χ1v) is 6.00. The summed E-state index contributed by atoms with van der Waals surface area (Å²) in [4.78, 5) is 0. The van der Waals surface area contributed by atoms with Crippen molar-refractivity contribution in [1.82, 2.24) is 0 Å². The summed E-state index contributed by atoms with van der Waals surface area (Å²) in [5, 5.41) is 0. The quantitative estimate of drug-likeness (QED) is 0.772. The maximum Gasteiger partial charge on any atom is 0.0294 e. The van der Waals surface area contributed by atoms with E-state index in [1.54, 1.807) is 0 Å². The summed E-state index contributed by atoms with van der Waals surface area (Å²) in [6.45, 7) is 6.63. The van der Waals surface area contributed by atoms with Gasteiger partial charge in [0.15, 0.2) is 0 Å². The molecule has 1 aromatic carbocycles. The molecule has 2 N–H and O–H groups in total. The average Bonchev–Trinajstić information content (AvgIpc) is 2.26. The molecule has 84 valence electrons. The van der Waals surface area contributed by atoms with Crippen molar-refractivity contribution in [2.45, 2.75) is 52.0 Å². The van der Waals surface area contributed by atoms with Gasteiger partial charge in [0.05, 0.1) is 0 Å². The number of nitrogens with two attached hydrogens (primary N) is 1. The first-order chi connectivity index (χ1) is 7.15. The fraction of sp³-hybridized carbons (Fsp3) is 0.571. The molecule has 15 heavy (non-hydrogen) atoms. The van der Waals surface area contributed by atoms with E-state index in [2.05, 4.69) is 45.0 Å². The van der Waals surface area contributed by atoms with Gasteiger partial charge < -0.3 is 5.73 Å². The van der Waals surface area contributed by atoms with Gasteiger partial charge in [-0.15, -0.1) is 0 Å². The zero-order valence-corrected chi connectivity index (χ0v) is 10.2. The Hall–Kier alpha value is -0.820. The highest BCUT2D eigenvalue weighted by molar-refractivity contribution is 5.26. The Balaban J connectivity index is 2.62. The third-order valence-corrected chi connectivity index (χ3v) is 2.90. The smallest absolute Gasteiger partial charge is 0.0294 e. The van der Waals surface area contributed by atoms with E-state index in [1.807, 2.05) is 0 Å². The fourth-order valence-corrected chi connectivity index (χ4v) is 1.72. The van der Waals surface area contributed by atoms with Gasteiger partial charge >= 0.3 is 0 Å². The molecule has 1 unspecified atom stereocenters. The van der Waals surface area contributed by atoms with Gasteiger partial charge in [-0.05, 0) is 23.5 Å². The molecule has 0 saturated carbocycles. The van der Waals surface area contributed by atoms with Crippen LogP contribution in [0.2, 0.25) is 0 Å². The lowest BCUT2D eigenvalue weighted by Crippen LogP contribution is -2.09. The van der Waals surface area contributed by atoms with Crippen molar-refractivity contribution in [2.24, 2.45) is 5.73 Å². The maximum absolute atomic E-state index is 6.11. The number of hydrogen-bond acceptors (Lipinski definition) is 1. The molecular weight excluding hydrogens is 182 g/mol. The van der Waals surface area contributed by atoms with Gasteiger partial charge in [0.1, 0.15) is 0 Å². The number of benzene rings is 1. The van der Waals surface area contributed by atoms with Crippen LogP contribution in [-0.4, -0.2) is 0 Å². The normalized spacial score (nSPS) is 13.1. The first-order valence-electron chi connectivity index (χ1n) is 6.00. The van der Waals surface area contributed by atoms with Crippen molar-refractivity contribution >= 4 is 0 Å². The molecule has 0 radical (unpaired) electrons. The minimum Gasteiger partial charge on any atom is -0.324 e. The van der Waals surface area contributed by atoms with Crippen molar-refractivity contribution < 1.29 is 0 Å². The largest absolute Gasteiger partial charge is 0.324 e. The Kier molecular flexibility index (Phi) is 4.83. The molecule has 0 bridgehead atoms. The van der Waals surface area contributed by atoms with Crippen molar-refractivity contribution in [3.05, 3.63) is 35.4 Å². The maximum atomic E-state index is 6.11. The van der Waals surface area contributed by atoms with Gasteiger partial charge in [-0.3, -0.25) is 0 Å². The Morgan fingerprint density at radius 1 is 1.07 bits per heavy atom. The average molecular weight is 205 g/mol. The zero-order valence-electron chi connectivity index (χ0n) is 10.2. The molecule has 0 amide bonds. The second-order valence-electron chi connectivity index (χ2n) is 4.57. The molecule has 1 aromatic rings. The standard InChI is InChI=1S/C14H23N/c1-4-5-6-14(15)13-9-7-12(8-10-13)11(2)3/h7-11,14H,4-6,15H2,1-3H3. The zero-order chi connectivity index (χ0) is 11.3. The Bertz CT molecular complexity index is 274. The molecule has 0 aromatic heterocycles. The summed E-state index contributed by atoms with van der Waals surface area (Å²) in [7, 11) is 0. The summed E-state index contributed by atoms with van der Waals surface area (Å²) in [6, 6.07) is 8.97. The van der Waals surface area contributed by atoms with Crippen LogP contribution in [0.15, 0.2) is 24.3 Å². The van der Waals surface area contributed by atoms with Crippen LogP contribution in [-0.2, 0) is 0 Å². The summed E-state index contributed by atoms with van der Waals surface area (Å²) < 4.78 is 0. The monoisotopic (exact) mass is 205 g/mol. The Labute approximate surface area is 93.7 Å². The van der Waals surface area contributed by atoms with E-state index in [0.717, 1.165) is 6.42 Å². The van der Waals surface area contributed by atoms with E-state index >= 15 is 0 Å². The van der Waals surface area contributed by atoms with Gasteiger partial charge in [0.25, 0.3) is 0 Å². The van der Waals surface area contributed by atoms with Gasteiger partial charge in [-0.2, -0.15) is 0 Å². The molecule has 0 fully saturated rings. The van der Waals surface area contributed by atoms with E-state index in [1.165, 1.54) is 24.0 Å². The number of hydrogen-bond donors (Lipinski definition) is 1. The summed E-state index contributed by atoms with van der Waals surface area (Å²) in [6.07, 6.45) is 3.53. The van der Waals surface area contributed by atoms with E-state index < -0.39 is 0 Å². The minimum atomic E-state index is 0.214. The molecule has 0 saturated heterocycles. The Morgan fingerprint density at radius 2 is 1.60 bits per heavy atom. The van der Waals surface area contributed by atoms with Crippen LogP contribution in [0.5, 0.6) is 0 Å². The second-order valence-corrected chi connectivity index (χ2v) is 4.57. The van der Waals surface area contributed by atoms with Crippen LogP contribution in [0.3, 0.4) is 0 Å². The second kappa shape index (κ2) is 5.92. The molecule has 0 aliphatic heterocycles. The van der Waals surface area contributed by atoms with Crippen LogP contribution >= 0.6 is 0 Å². The fourth-order valence-electron chi connectivity index (χ4n) is 1.72. The van der Waals surface area contributed by atoms with E-state index in [0.29, 0.717) is 5.92 Å². The number of rotatable bonds is 5. The van der Waals surface area contributed by atoms with Crippen molar-refractivity contribution in [2.75, 3.05) is 0 Å². The highest BCUT2D eigenvalue weighted by atomic mass is 14.6. The topological polar surface area (TPSA) is 26.0 Å². The molecule has 1 rings (SSSR count). The highest BCUT2D eigenvalue weighted by Gasteiger charge is 2.05. The van der Waals surface area contributed by atoms with Crippen molar-refractivity contribution in [3.8, 4) is 0 Å². The predicted molar refractivity (Wildman–Crippen MR) is 67.0 cm³/mol. The molecule has 1 nitrogen and oxygen atoms in total. The lowest BCUT2D eigenvalue weighted by atomic mass is 9.97. The van der Waals surface area contributed by atoms with Gasteiger partial charge in [0.2, 0.25) is 0 Å². The summed E-state index contributed by atoms with van der Waals surface area (Å²) in [5.74, 6) is 0.603. The van der Waals surface area contributed by atoms with Crippen LogP contribution in [0.25, 0.3) is 0 Å². The van der Waals surface area contributed by atoms with E-state index in [4.69, 9.17) is 5.73 Å². The molecule has 1 atom stereocenters. The molecule has 0 aliphatic rings. The molecule has 0 spiro atoms. The third kappa shape index (κ3) is 3.67. The van der Waals surface area contributed by atoms with Crippen molar-refractivity contribution in [3.63, 3.8) is 0 Å². The number of unbranched alkanes of at least 4 members (excludes halogenated alkanes) is 1. The lowest BCUT2D eigenvalue weighted by Gasteiger charge is -2.13. The van der Waals surface area contributed by atoms with Gasteiger partial charge in [0, 0.05) is 6.04 Å². The predicted octanol–water partition coefficient (Wildman–Crippen LogP) is 4.00. The third-order valence-electron chi connectivity index (χ3n) is 2.90. The summed E-state index contributed by atoms with van der Waals surface area (Å²) in [5.41, 5.74) is 8.77. The van der Waals surface area contributed by atoms with Crippen LogP contribution < -0.4 is 5.73 Å². The van der Waals surface area contributed by atoms with Gasteiger partial charge in [-0.1, -0.05) is 57.9 Å². The Morgan fingerprint density at radius 3 is 2.07 bits per heavy atom. The van der Waals surface area contributed by atoms with Crippen molar-refractivity contribution in [1.29, 1.82) is 0 Å². The van der Waals surface area contributed by atoms with Crippen LogP contribution in [0, 0.1) is 0 Å². The van der Waals surface area contributed by atoms with Crippen LogP contribution in [0.4, 0.5) is 0 Å². The lowest BCUT2D eigenvalue weighted by molar-refractivity contribution is 0.603. The van der Waals surface area contributed by atoms with Crippen LogP contribution in [0.1, 0.15) is 63.1 Å². The SMILES string of the molecule is CCCCC(N)c1ccc(C(C)C)cc1. The molecule has 0 heterocycles. The summed E-state index contributed by atoms with van der Waals surface area (Å²) >= 11 is 0. The molecule has 0 aliphatic carbocycles.